The molecule has 0 aromatic carbocycles. The third-order valence-electron chi connectivity index (χ3n) is 15.7. The summed E-state index contributed by atoms with van der Waals surface area (Å²) in [6, 6.07) is 11.9. The second-order valence-electron chi connectivity index (χ2n) is 22.7. The average molecular weight is 1050 g/mol. The number of anilines is 4. The SMILES string of the molecule is CN(C)C(=O)c1cc2cnc(Nc3ccc(C(=O)N4C[C@@H]5CC4CN5)cn3)nc2n1C1CCCC1.CN(C)C(=O)c1cc2cnc(Nc3ccc(C(=O)N4C[C@@H]5CC4CN5C(=O)OC(C)(C)C)cn3)nc2n1C1CCCC1. The van der Waals surface area contributed by atoms with Gasteiger partial charge in [-0.05, 0) is 95.7 Å². The van der Waals surface area contributed by atoms with Gasteiger partial charge in [-0.15, -0.1) is 0 Å². The number of likely N-dealkylation sites (tertiary alicyclic amines) is 3. The summed E-state index contributed by atoms with van der Waals surface area (Å²) in [5, 5.41) is 11.4. The predicted octanol–water partition coefficient (Wildman–Crippen LogP) is 6.79. The zero-order valence-corrected chi connectivity index (χ0v) is 44.9. The number of carbonyl (C=O) groups excluding carboxylic acids is 5. The lowest BCUT2D eigenvalue weighted by molar-refractivity contribution is 0.0126. The Morgan fingerprint density at radius 2 is 1.05 bits per heavy atom. The average Bonchev–Trinajstić information content (AvgIpc) is 4.30. The van der Waals surface area contributed by atoms with E-state index in [1.54, 1.807) is 91.9 Å². The summed E-state index contributed by atoms with van der Waals surface area (Å²) < 4.78 is 9.69. The molecular formula is C55H68N16O6. The third-order valence-corrected chi connectivity index (χ3v) is 15.7. The van der Waals surface area contributed by atoms with E-state index in [0.717, 1.165) is 99.4 Å². The van der Waals surface area contributed by atoms with Crippen LogP contribution in [0.15, 0.2) is 61.2 Å². The van der Waals surface area contributed by atoms with Crippen LogP contribution in [0.25, 0.3) is 22.1 Å². The number of fused-ring (bicyclic) bond motifs is 6. The van der Waals surface area contributed by atoms with Crippen LogP contribution in [0.4, 0.5) is 28.3 Å². The van der Waals surface area contributed by atoms with Crippen LogP contribution < -0.4 is 16.0 Å². The molecule has 0 spiro atoms. The summed E-state index contributed by atoms with van der Waals surface area (Å²) in [6.45, 7) is 8.14. The molecule has 4 saturated heterocycles. The Hall–Kier alpha value is -7.75. The number of aromatic nitrogens is 8. The van der Waals surface area contributed by atoms with Crippen LogP contribution >= 0.6 is 0 Å². The Morgan fingerprint density at radius 3 is 1.44 bits per heavy atom. The number of nitrogens with one attached hydrogen (secondary N) is 3. The van der Waals surface area contributed by atoms with E-state index in [2.05, 4.69) is 45.0 Å². The third kappa shape index (κ3) is 10.3. The van der Waals surface area contributed by atoms with Crippen LogP contribution in [0.5, 0.6) is 0 Å². The van der Waals surface area contributed by atoms with Crippen molar-refractivity contribution in [2.75, 3.05) is 65.0 Å². The van der Waals surface area contributed by atoms with Crippen LogP contribution in [0.3, 0.4) is 0 Å². The van der Waals surface area contributed by atoms with Crippen molar-refractivity contribution in [3.05, 3.63) is 83.7 Å². The molecule has 2 aliphatic carbocycles. The largest absolute Gasteiger partial charge is 0.444 e. The van der Waals surface area contributed by atoms with E-state index >= 15 is 0 Å². The maximum atomic E-state index is 13.3. The van der Waals surface area contributed by atoms with E-state index in [0.29, 0.717) is 65.2 Å². The van der Waals surface area contributed by atoms with Crippen molar-refractivity contribution < 1.29 is 28.7 Å². The number of piperazine rings is 2. The molecule has 77 heavy (non-hydrogen) atoms. The topological polar surface area (TPSA) is 234 Å². The Balaban J connectivity index is 0.000000166. The highest BCUT2D eigenvalue weighted by atomic mass is 16.6. The van der Waals surface area contributed by atoms with E-state index in [9.17, 15) is 24.0 Å². The number of amides is 5. The molecule has 5 amide bonds. The van der Waals surface area contributed by atoms with Gasteiger partial charge in [-0.25, -0.2) is 24.7 Å². The maximum Gasteiger partial charge on any atom is 0.410 e. The highest BCUT2D eigenvalue weighted by molar-refractivity contribution is 5.99. The second kappa shape index (κ2) is 20.7. The number of hydrogen-bond donors (Lipinski definition) is 3. The highest BCUT2D eigenvalue weighted by Crippen LogP contribution is 2.38. The Labute approximate surface area is 447 Å². The van der Waals surface area contributed by atoms with Gasteiger partial charge in [0.2, 0.25) is 11.9 Å². The molecule has 4 bridgehead atoms. The standard InChI is InChI=1S/C30H38N8O4.C25H30N8O2/c1-30(2,3)42-29(41)37-17-21-13-22(37)16-36(21)26(39)18-10-11-24(31-14-18)33-28-32-15-19-12-23(27(40)35(4)5)38(25(19)34-28)20-8-6-7-9-20;1-31(2)24(35)20-9-16-12-28-25(30-22(16)33(20)18-5-3-4-6-18)29-21-8-7-15(11-27-21)23(34)32-14-17-10-19(32)13-26-17/h10-12,14-15,20-22H,6-9,13,16-17H2,1-5H3,(H,31,32,33,34);7-9,11-12,17-19,26H,3-6,10,13-14H2,1-2H3,(H,27,28,29,30)/t21?,22-;17-,19?/m00/s1. The molecule has 22 heteroatoms. The molecular weight excluding hydrogens is 981 g/mol. The minimum atomic E-state index is -0.555. The van der Waals surface area contributed by atoms with Gasteiger partial charge in [-0.2, -0.15) is 9.97 Å². The normalized spacial score (nSPS) is 21.0. The maximum absolute atomic E-state index is 13.3. The minimum absolute atomic E-state index is 0.0307. The summed E-state index contributed by atoms with van der Waals surface area (Å²) >= 11 is 0. The lowest BCUT2D eigenvalue weighted by atomic mass is 10.2. The van der Waals surface area contributed by atoms with Gasteiger partial charge in [-0.1, -0.05) is 25.7 Å². The Kier molecular flexibility index (Phi) is 13.8. The number of carbonyl (C=O) groups is 5. The quantitative estimate of drug-likeness (QED) is 0.128. The molecule has 6 aliphatic rings. The van der Waals surface area contributed by atoms with Crippen molar-refractivity contribution in [3.63, 3.8) is 0 Å². The van der Waals surface area contributed by atoms with Gasteiger partial charge in [0.1, 0.15) is 39.9 Å². The molecule has 10 heterocycles. The molecule has 6 aromatic heterocycles. The van der Waals surface area contributed by atoms with Crippen LogP contribution in [0, 0.1) is 0 Å². The zero-order chi connectivity index (χ0) is 53.9. The molecule has 2 unspecified atom stereocenters. The van der Waals surface area contributed by atoms with Gasteiger partial charge in [0.25, 0.3) is 23.6 Å². The van der Waals surface area contributed by atoms with Crippen LogP contribution in [-0.2, 0) is 4.74 Å². The molecule has 6 aromatic rings. The van der Waals surface area contributed by atoms with E-state index in [1.807, 2.05) is 42.7 Å². The summed E-state index contributed by atoms with van der Waals surface area (Å²) in [5.41, 5.74) is 3.26. The fourth-order valence-corrected chi connectivity index (χ4v) is 12.0. The first-order valence-corrected chi connectivity index (χ1v) is 27.0. The van der Waals surface area contributed by atoms with E-state index in [-0.39, 0.29) is 59.9 Å². The Bertz CT molecular complexity index is 3230. The lowest BCUT2D eigenvalue weighted by Crippen LogP contribution is -2.51. The van der Waals surface area contributed by atoms with Gasteiger partial charge >= 0.3 is 6.09 Å². The van der Waals surface area contributed by atoms with Crippen molar-refractivity contribution in [2.24, 2.45) is 0 Å². The van der Waals surface area contributed by atoms with E-state index < -0.39 is 5.60 Å². The molecule has 6 fully saturated rings. The van der Waals surface area contributed by atoms with Crippen molar-refractivity contribution in [1.29, 1.82) is 0 Å². The molecule has 0 radical (unpaired) electrons. The van der Waals surface area contributed by atoms with Gasteiger partial charge in [-0.3, -0.25) is 19.2 Å². The number of hydrogen-bond acceptors (Lipinski definition) is 15. The first-order chi connectivity index (χ1) is 37.0. The minimum Gasteiger partial charge on any atom is -0.444 e. The smallest absolute Gasteiger partial charge is 0.410 e. The number of rotatable bonds is 10. The first-order valence-electron chi connectivity index (χ1n) is 27.0. The Morgan fingerprint density at radius 1 is 0.584 bits per heavy atom. The highest BCUT2D eigenvalue weighted by Gasteiger charge is 2.48. The molecule has 404 valence electrons. The predicted molar refractivity (Wildman–Crippen MR) is 289 cm³/mol. The van der Waals surface area contributed by atoms with Crippen LogP contribution in [-0.4, -0.2) is 177 Å². The fourth-order valence-electron chi connectivity index (χ4n) is 12.0. The zero-order valence-electron chi connectivity index (χ0n) is 44.9. The van der Waals surface area contributed by atoms with Gasteiger partial charge < -0.3 is 54.3 Å². The van der Waals surface area contributed by atoms with Crippen LogP contribution in [0.2, 0.25) is 0 Å². The van der Waals surface area contributed by atoms with Gasteiger partial charge in [0.05, 0.1) is 23.2 Å². The summed E-state index contributed by atoms with van der Waals surface area (Å²) in [4.78, 5) is 101. The van der Waals surface area contributed by atoms with Crippen molar-refractivity contribution >= 4 is 75.3 Å². The number of nitrogens with zero attached hydrogens (tertiary/aromatic N) is 13. The second-order valence-corrected chi connectivity index (χ2v) is 22.7. The summed E-state index contributed by atoms with van der Waals surface area (Å²) in [6.07, 6.45) is 16.8. The number of ether oxygens (including phenoxy) is 1. The lowest BCUT2D eigenvalue weighted by Gasteiger charge is -2.35. The molecule has 2 saturated carbocycles. The van der Waals surface area contributed by atoms with Crippen LogP contribution in [0.1, 0.15) is 139 Å². The first kappa shape index (κ1) is 51.4. The van der Waals surface area contributed by atoms with Crippen molar-refractivity contribution in [2.45, 2.75) is 127 Å². The van der Waals surface area contributed by atoms with Crippen molar-refractivity contribution in [1.82, 2.24) is 68.9 Å². The monoisotopic (exact) mass is 1050 g/mol. The fraction of sp³-hybridized carbons (Fsp3) is 0.509. The van der Waals surface area contributed by atoms with E-state index in [4.69, 9.17) is 14.7 Å². The molecule has 4 atom stereocenters. The summed E-state index contributed by atoms with van der Waals surface area (Å²) in [5.74, 6) is 1.69. The molecule has 3 N–H and O–H groups in total. The summed E-state index contributed by atoms with van der Waals surface area (Å²) in [7, 11) is 7.04. The molecule has 12 rings (SSSR count). The van der Waals surface area contributed by atoms with E-state index in [1.165, 1.54) is 0 Å². The van der Waals surface area contributed by atoms with Crippen molar-refractivity contribution in [3.8, 4) is 0 Å². The van der Waals surface area contributed by atoms with Gasteiger partial charge in [0.15, 0.2) is 0 Å². The van der Waals surface area contributed by atoms with Gasteiger partial charge in [0, 0.05) is 114 Å². The molecule has 4 aliphatic heterocycles. The number of pyridine rings is 2. The molecule has 22 nitrogen and oxygen atoms in total.